The molecule has 0 bridgehead atoms. The number of hydrogen-bond acceptors (Lipinski definition) is 5. The van der Waals surface area contributed by atoms with E-state index in [-0.39, 0.29) is 6.04 Å². The number of hydrogen-bond donors (Lipinski definition) is 1. The summed E-state index contributed by atoms with van der Waals surface area (Å²) in [7, 11) is 1.72. The van der Waals surface area contributed by atoms with E-state index in [0.29, 0.717) is 25.9 Å². The van der Waals surface area contributed by atoms with Crippen molar-refractivity contribution in [1.29, 1.82) is 0 Å². The van der Waals surface area contributed by atoms with E-state index in [1.54, 1.807) is 7.11 Å². The molecule has 1 aliphatic rings. The van der Waals surface area contributed by atoms with Crippen molar-refractivity contribution < 1.29 is 14.2 Å². The predicted molar refractivity (Wildman–Crippen MR) is 82.9 cm³/mol. The molecule has 0 saturated carbocycles. The van der Waals surface area contributed by atoms with Gasteiger partial charge in [0.1, 0.15) is 13.2 Å². The highest BCUT2D eigenvalue weighted by molar-refractivity contribution is 5.44. The Morgan fingerprint density at radius 3 is 2.62 bits per heavy atom. The molecule has 1 aliphatic heterocycles. The van der Waals surface area contributed by atoms with Gasteiger partial charge in [-0.15, -0.1) is 0 Å². The summed E-state index contributed by atoms with van der Waals surface area (Å²) in [6, 6.07) is 6.34. The summed E-state index contributed by atoms with van der Waals surface area (Å²) in [4.78, 5) is 2.32. The molecule has 1 aromatic carbocycles. The molecule has 5 heteroatoms. The zero-order valence-electron chi connectivity index (χ0n) is 13.2. The Hall–Kier alpha value is -1.30. The second-order valence-corrected chi connectivity index (χ2v) is 5.59. The summed E-state index contributed by atoms with van der Waals surface area (Å²) in [6.45, 7) is 7.94. The van der Waals surface area contributed by atoms with Crippen LogP contribution in [0.2, 0.25) is 0 Å². The summed E-state index contributed by atoms with van der Waals surface area (Å²) >= 11 is 0. The lowest BCUT2D eigenvalue weighted by Gasteiger charge is -2.29. The molecular formula is C16H26N2O3. The van der Waals surface area contributed by atoms with Gasteiger partial charge in [-0.1, -0.05) is 6.07 Å². The minimum atomic E-state index is -0.0555. The van der Waals surface area contributed by atoms with E-state index < -0.39 is 0 Å². The van der Waals surface area contributed by atoms with Gasteiger partial charge in [-0.2, -0.15) is 0 Å². The number of benzene rings is 1. The molecule has 0 radical (unpaired) electrons. The van der Waals surface area contributed by atoms with Crippen LogP contribution in [0.1, 0.15) is 25.5 Å². The fraction of sp³-hybridized carbons (Fsp3) is 0.625. The van der Waals surface area contributed by atoms with Gasteiger partial charge in [0.2, 0.25) is 0 Å². The Kier molecular flexibility index (Phi) is 5.85. The van der Waals surface area contributed by atoms with Crippen LogP contribution in [0.25, 0.3) is 0 Å². The van der Waals surface area contributed by atoms with Gasteiger partial charge in [0.25, 0.3) is 0 Å². The van der Waals surface area contributed by atoms with Crippen LogP contribution >= 0.6 is 0 Å². The number of nitrogens with two attached hydrogens (primary N) is 1. The van der Waals surface area contributed by atoms with Crippen LogP contribution < -0.4 is 15.2 Å². The highest BCUT2D eigenvalue weighted by atomic mass is 16.6. The average Bonchev–Trinajstić information content (AvgIpc) is 2.50. The monoisotopic (exact) mass is 294 g/mol. The van der Waals surface area contributed by atoms with Gasteiger partial charge >= 0.3 is 0 Å². The largest absolute Gasteiger partial charge is 0.486 e. The summed E-state index contributed by atoms with van der Waals surface area (Å²) in [6.07, 6.45) is 0. The third-order valence-corrected chi connectivity index (χ3v) is 3.74. The SMILES string of the molecule is COCCN(CC(N)c1ccc2c(c1)OCCO2)C(C)C. The van der Waals surface area contributed by atoms with E-state index in [0.717, 1.165) is 30.2 Å². The first kappa shape index (κ1) is 16.1. The Labute approximate surface area is 127 Å². The number of nitrogens with zero attached hydrogens (tertiary/aromatic N) is 1. The highest BCUT2D eigenvalue weighted by Gasteiger charge is 2.18. The second kappa shape index (κ2) is 7.64. The molecule has 0 fully saturated rings. The molecule has 0 aromatic heterocycles. The van der Waals surface area contributed by atoms with Crippen LogP contribution in [0, 0.1) is 0 Å². The highest BCUT2D eigenvalue weighted by Crippen LogP contribution is 2.32. The van der Waals surface area contributed by atoms with Crippen LogP contribution in [-0.2, 0) is 4.74 Å². The number of ether oxygens (including phenoxy) is 3. The molecule has 1 atom stereocenters. The Balaban J connectivity index is 2.02. The van der Waals surface area contributed by atoms with Gasteiger partial charge in [0.05, 0.1) is 6.61 Å². The minimum absolute atomic E-state index is 0.0555. The van der Waals surface area contributed by atoms with Gasteiger partial charge < -0.3 is 19.9 Å². The maximum atomic E-state index is 6.36. The van der Waals surface area contributed by atoms with Crippen LogP contribution in [-0.4, -0.2) is 51.0 Å². The van der Waals surface area contributed by atoms with E-state index >= 15 is 0 Å². The fourth-order valence-electron chi connectivity index (χ4n) is 2.42. The lowest BCUT2D eigenvalue weighted by Crippen LogP contribution is -2.39. The van der Waals surface area contributed by atoms with Gasteiger partial charge in [0.15, 0.2) is 11.5 Å². The van der Waals surface area contributed by atoms with Crippen molar-refractivity contribution in [3.8, 4) is 11.5 Å². The van der Waals surface area contributed by atoms with Gasteiger partial charge in [0, 0.05) is 32.3 Å². The molecule has 0 spiro atoms. The molecule has 0 aliphatic carbocycles. The van der Waals surface area contributed by atoms with Crippen molar-refractivity contribution in [2.75, 3.05) is 40.0 Å². The summed E-state index contributed by atoms with van der Waals surface area (Å²) in [5.41, 5.74) is 7.43. The molecule has 118 valence electrons. The lowest BCUT2D eigenvalue weighted by molar-refractivity contribution is 0.125. The van der Waals surface area contributed by atoms with Crippen LogP contribution in [0.3, 0.4) is 0 Å². The van der Waals surface area contributed by atoms with E-state index in [4.69, 9.17) is 19.9 Å². The fourth-order valence-corrected chi connectivity index (χ4v) is 2.42. The molecule has 1 aromatic rings. The summed E-state index contributed by atoms with van der Waals surface area (Å²) in [5.74, 6) is 1.60. The summed E-state index contributed by atoms with van der Waals surface area (Å²) < 4.78 is 16.3. The first-order chi connectivity index (χ1) is 10.1. The topological polar surface area (TPSA) is 57.0 Å². The van der Waals surface area contributed by atoms with Gasteiger partial charge in [-0.25, -0.2) is 0 Å². The van der Waals surface area contributed by atoms with Crippen LogP contribution in [0.15, 0.2) is 18.2 Å². The van der Waals surface area contributed by atoms with Crippen LogP contribution in [0.4, 0.5) is 0 Å². The van der Waals surface area contributed by atoms with Gasteiger partial charge in [-0.05, 0) is 31.5 Å². The first-order valence-electron chi connectivity index (χ1n) is 7.50. The second-order valence-electron chi connectivity index (χ2n) is 5.59. The summed E-state index contributed by atoms with van der Waals surface area (Å²) in [5, 5.41) is 0. The molecule has 1 unspecified atom stereocenters. The van der Waals surface area contributed by atoms with E-state index in [1.807, 2.05) is 18.2 Å². The maximum absolute atomic E-state index is 6.36. The Bertz CT molecular complexity index is 451. The molecule has 1 heterocycles. The minimum Gasteiger partial charge on any atom is -0.486 e. The van der Waals surface area contributed by atoms with E-state index in [9.17, 15) is 0 Å². The molecule has 5 nitrogen and oxygen atoms in total. The van der Waals surface area contributed by atoms with E-state index in [1.165, 1.54) is 0 Å². The van der Waals surface area contributed by atoms with E-state index in [2.05, 4.69) is 18.7 Å². The lowest BCUT2D eigenvalue weighted by atomic mass is 10.1. The Morgan fingerprint density at radius 2 is 1.95 bits per heavy atom. The van der Waals surface area contributed by atoms with Crippen molar-refractivity contribution >= 4 is 0 Å². The van der Waals surface area contributed by atoms with Crippen molar-refractivity contribution in [3.63, 3.8) is 0 Å². The third-order valence-electron chi connectivity index (χ3n) is 3.74. The molecular weight excluding hydrogens is 268 g/mol. The smallest absolute Gasteiger partial charge is 0.161 e. The third kappa shape index (κ3) is 4.33. The van der Waals surface area contributed by atoms with Crippen LogP contribution in [0.5, 0.6) is 11.5 Å². The zero-order chi connectivity index (χ0) is 15.2. The molecule has 0 saturated heterocycles. The Morgan fingerprint density at radius 1 is 1.24 bits per heavy atom. The molecule has 2 N–H and O–H groups in total. The number of fused-ring (bicyclic) bond motifs is 1. The molecule has 0 amide bonds. The first-order valence-corrected chi connectivity index (χ1v) is 7.50. The normalized spacial score (nSPS) is 15.5. The standard InChI is InChI=1S/C16H26N2O3/c1-12(2)18(6-7-19-3)11-14(17)13-4-5-15-16(10-13)21-9-8-20-15/h4-5,10,12,14H,6-9,11,17H2,1-3H3. The molecule has 21 heavy (non-hydrogen) atoms. The number of methoxy groups -OCH3 is 1. The zero-order valence-corrected chi connectivity index (χ0v) is 13.2. The number of rotatable bonds is 7. The predicted octanol–water partition coefficient (Wildman–Crippen LogP) is 1.81. The van der Waals surface area contributed by atoms with Crippen molar-refractivity contribution in [3.05, 3.63) is 23.8 Å². The maximum Gasteiger partial charge on any atom is 0.161 e. The van der Waals surface area contributed by atoms with Crippen molar-refractivity contribution in [2.45, 2.75) is 25.9 Å². The molecule has 2 rings (SSSR count). The average molecular weight is 294 g/mol. The van der Waals surface area contributed by atoms with Gasteiger partial charge in [-0.3, -0.25) is 4.90 Å². The quantitative estimate of drug-likeness (QED) is 0.831. The van der Waals surface area contributed by atoms with Crippen molar-refractivity contribution in [2.24, 2.45) is 5.73 Å². The van der Waals surface area contributed by atoms with Crippen molar-refractivity contribution in [1.82, 2.24) is 4.90 Å².